The van der Waals surface area contributed by atoms with Crippen molar-refractivity contribution in [3.8, 4) is 5.75 Å². The zero-order valence-corrected chi connectivity index (χ0v) is 11.9. The quantitative estimate of drug-likeness (QED) is 0.795. The Morgan fingerprint density at radius 1 is 1.45 bits per heavy atom. The third kappa shape index (κ3) is 3.29. The number of benzene rings is 1. The Balaban J connectivity index is 2.07. The molecule has 1 aliphatic rings. The summed E-state index contributed by atoms with van der Waals surface area (Å²) in [4.78, 5) is 24.9. The summed E-state index contributed by atoms with van der Waals surface area (Å²) >= 11 is 5.92. The highest BCUT2D eigenvalue weighted by Gasteiger charge is 2.24. The number of amides is 1. The van der Waals surface area contributed by atoms with Crippen LogP contribution in [0.1, 0.15) is 17.3 Å². The minimum absolute atomic E-state index is 0.120. The van der Waals surface area contributed by atoms with Crippen molar-refractivity contribution in [2.45, 2.75) is 13.0 Å². The predicted molar refractivity (Wildman–Crippen MR) is 74.3 cm³/mol. The molecule has 6 heteroatoms. The molecule has 0 saturated carbocycles. The Morgan fingerprint density at radius 2 is 2.15 bits per heavy atom. The number of hydrogen-bond acceptors (Lipinski definition) is 4. The number of nitrogens with zero attached hydrogens (tertiary/aromatic N) is 1. The molecule has 1 unspecified atom stereocenters. The van der Waals surface area contributed by atoms with Crippen LogP contribution in [0, 0.1) is 0 Å². The zero-order valence-electron chi connectivity index (χ0n) is 11.2. The molecule has 1 aliphatic heterocycles. The lowest BCUT2D eigenvalue weighted by atomic mass is 10.2. The second-order valence-electron chi connectivity index (χ2n) is 4.47. The lowest BCUT2D eigenvalue weighted by molar-refractivity contribution is -0.142. The van der Waals surface area contributed by atoms with E-state index >= 15 is 0 Å². The first kappa shape index (κ1) is 14.8. The van der Waals surface area contributed by atoms with Crippen LogP contribution in [0.5, 0.6) is 5.75 Å². The maximum absolute atomic E-state index is 12.2. The van der Waals surface area contributed by atoms with Crippen LogP contribution in [-0.2, 0) is 9.53 Å². The second kappa shape index (κ2) is 6.72. The van der Waals surface area contributed by atoms with Crippen LogP contribution in [0.2, 0.25) is 5.02 Å². The number of halogens is 1. The highest BCUT2D eigenvalue weighted by Crippen LogP contribution is 2.25. The van der Waals surface area contributed by atoms with Crippen LogP contribution in [-0.4, -0.2) is 49.5 Å². The summed E-state index contributed by atoms with van der Waals surface area (Å²) in [5.41, 5.74) is 0.260. The van der Waals surface area contributed by atoms with Gasteiger partial charge in [-0.15, -0.1) is 0 Å². The third-order valence-electron chi connectivity index (χ3n) is 3.11. The average molecular weight is 298 g/mol. The number of carbonyl (C=O) groups excluding carboxylic acids is 2. The minimum Gasteiger partial charge on any atom is -0.480 e. The molecule has 5 nitrogen and oxygen atoms in total. The number of carbonyl (C=O) groups is 2. The van der Waals surface area contributed by atoms with Crippen LogP contribution in [0.25, 0.3) is 0 Å². The summed E-state index contributed by atoms with van der Waals surface area (Å²) in [5.74, 6) is 0.201. The molecule has 2 rings (SSSR count). The SMILES string of the molecule is CC(Oc1cccc(Cl)c1C=O)C(=O)N1CCOCC1. The van der Waals surface area contributed by atoms with Gasteiger partial charge < -0.3 is 14.4 Å². The monoisotopic (exact) mass is 297 g/mol. The van der Waals surface area contributed by atoms with Crippen molar-refractivity contribution in [2.75, 3.05) is 26.3 Å². The Bertz CT molecular complexity index is 500. The van der Waals surface area contributed by atoms with E-state index in [0.29, 0.717) is 43.4 Å². The molecular weight excluding hydrogens is 282 g/mol. The number of rotatable bonds is 4. The molecule has 1 atom stereocenters. The molecule has 1 amide bonds. The maximum atomic E-state index is 12.2. The average Bonchev–Trinajstić information content (AvgIpc) is 2.47. The van der Waals surface area contributed by atoms with Gasteiger partial charge in [-0.3, -0.25) is 9.59 Å². The smallest absolute Gasteiger partial charge is 0.263 e. The van der Waals surface area contributed by atoms with Crippen LogP contribution in [0.3, 0.4) is 0 Å². The van der Waals surface area contributed by atoms with E-state index in [-0.39, 0.29) is 11.5 Å². The van der Waals surface area contributed by atoms with E-state index in [0.717, 1.165) is 0 Å². The van der Waals surface area contributed by atoms with Crippen molar-refractivity contribution < 1.29 is 19.1 Å². The fourth-order valence-corrected chi connectivity index (χ4v) is 2.23. The zero-order chi connectivity index (χ0) is 14.5. The van der Waals surface area contributed by atoms with Gasteiger partial charge in [-0.2, -0.15) is 0 Å². The van der Waals surface area contributed by atoms with Crippen LogP contribution in [0.15, 0.2) is 18.2 Å². The molecule has 0 aromatic heterocycles. The molecule has 1 aromatic carbocycles. The Kier molecular flexibility index (Phi) is 4.98. The van der Waals surface area contributed by atoms with Crippen molar-refractivity contribution in [1.82, 2.24) is 4.90 Å². The Morgan fingerprint density at radius 3 is 2.80 bits per heavy atom. The highest BCUT2D eigenvalue weighted by atomic mass is 35.5. The molecule has 0 aliphatic carbocycles. The molecule has 0 spiro atoms. The molecule has 20 heavy (non-hydrogen) atoms. The largest absolute Gasteiger partial charge is 0.480 e. The van der Waals surface area contributed by atoms with Gasteiger partial charge in [0.25, 0.3) is 5.91 Å². The Labute approximate surface area is 122 Å². The van der Waals surface area contributed by atoms with E-state index in [2.05, 4.69) is 0 Å². The van der Waals surface area contributed by atoms with Gasteiger partial charge in [-0.1, -0.05) is 17.7 Å². The second-order valence-corrected chi connectivity index (χ2v) is 4.87. The molecule has 1 aromatic rings. The fourth-order valence-electron chi connectivity index (χ4n) is 2.02. The number of ether oxygens (including phenoxy) is 2. The number of morpholine rings is 1. The molecule has 1 saturated heterocycles. The van der Waals surface area contributed by atoms with Crippen molar-refractivity contribution in [2.24, 2.45) is 0 Å². The summed E-state index contributed by atoms with van der Waals surface area (Å²) in [6.45, 7) is 3.85. The van der Waals surface area contributed by atoms with Crippen molar-refractivity contribution in [1.29, 1.82) is 0 Å². The van der Waals surface area contributed by atoms with Crippen molar-refractivity contribution in [3.63, 3.8) is 0 Å². The van der Waals surface area contributed by atoms with Gasteiger partial charge in [0.05, 0.1) is 23.8 Å². The summed E-state index contributed by atoms with van der Waals surface area (Å²) in [7, 11) is 0. The molecule has 0 bridgehead atoms. The maximum Gasteiger partial charge on any atom is 0.263 e. The number of hydrogen-bond donors (Lipinski definition) is 0. The topological polar surface area (TPSA) is 55.8 Å². The predicted octanol–water partition coefficient (Wildman–Crippen LogP) is 1.78. The van der Waals surface area contributed by atoms with Crippen molar-refractivity contribution >= 4 is 23.8 Å². The summed E-state index contributed by atoms with van der Waals surface area (Å²) in [6, 6.07) is 4.90. The van der Waals surface area contributed by atoms with Crippen molar-refractivity contribution in [3.05, 3.63) is 28.8 Å². The van der Waals surface area contributed by atoms with E-state index in [4.69, 9.17) is 21.1 Å². The van der Waals surface area contributed by atoms with Gasteiger partial charge in [0.15, 0.2) is 12.4 Å². The third-order valence-corrected chi connectivity index (χ3v) is 3.43. The van der Waals surface area contributed by atoms with Crippen LogP contribution >= 0.6 is 11.6 Å². The van der Waals surface area contributed by atoms with Gasteiger partial charge in [0, 0.05) is 13.1 Å². The first-order valence-electron chi connectivity index (χ1n) is 6.40. The standard InChI is InChI=1S/C14H16ClNO4/c1-10(14(18)16-5-7-19-8-6-16)20-13-4-2-3-12(15)11(13)9-17/h2-4,9-10H,5-8H2,1H3. The van der Waals surface area contributed by atoms with Crippen LogP contribution < -0.4 is 4.74 Å². The summed E-state index contributed by atoms with van der Waals surface area (Å²) < 4.78 is 10.8. The van der Waals surface area contributed by atoms with Gasteiger partial charge in [0.1, 0.15) is 5.75 Å². The first-order chi connectivity index (χ1) is 9.63. The molecule has 0 N–H and O–H groups in total. The summed E-state index contributed by atoms with van der Waals surface area (Å²) in [5, 5.41) is 0.309. The van der Waals surface area contributed by atoms with Gasteiger partial charge >= 0.3 is 0 Å². The molecule has 0 radical (unpaired) electrons. The minimum atomic E-state index is -0.676. The summed E-state index contributed by atoms with van der Waals surface area (Å²) in [6.07, 6.45) is -0.0471. The first-order valence-corrected chi connectivity index (χ1v) is 6.78. The van der Waals surface area contributed by atoms with E-state index in [9.17, 15) is 9.59 Å². The number of aldehydes is 1. The van der Waals surface area contributed by atoms with Crippen LogP contribution in [0.4, 0.5) is 0 Å². The van der Waals surface area contributed by atoms with E-state index in [1.807, 2.05) is 0 Å². The molecule has 1 heterocycles. The highest BCUT2D eigenvalue weighted by molar-refractivity contribution is 6.33. The van der Waals surface area contributed by atoms with E-state index < -0.39 is 6.10 Å². The molecular formula is C14H16ClNO4. The van der Waals surface area contributed by atoms with E-state index in [1.165, 1.54) is 0 Å². The lowest BCUT2D eigenvalue weighted by Crippen LogP contribution is -2.46. The fraction of sp³-hybridized carbons (Fsp3) is 0.429. The van der Waals surface area contributed by atoms with E-state index in [1.54, 1.807) is 30.0 Å². The molecule has 108 valence electrons. The van der Waals surface area contributed by atoms with Gasteiger partial charge in [-0.25, -0.2) is 0 Å². The van der Waals surface area contributed by atoms with Gasteiger partial charge in [0.2, 0.25) is 0 Å². The molecule has 1 fully saturated rings. The lowest BCUT2D eigenvalue weighted by Gasteiger charge is -2.29. The Hall–Kier alpha value is -1.59. The normalized spacial score (nSPS) is 16.6. The van der Waals surface area contributed by atoms with Gasteiger partial charge in [-0.05, 0) is 19.1 Å².